The highest BCUT2D eigenvalue weighted by Gasteiger charge is 2.17. The monoisotopic (exact) mass is 361 g/mol. The number of nitrogens with zero attached hydrogens (tertiary/aromatic N) is 2. The van der Waals surface area contributed by atoms with Gasteiger partial charge in [0.1, 0.15) is 0 Å². The highest BCUT2D eigenvalue weighted by atomic mass is 16.5. The standard InChI is InChI=1S/C19H27N3O4/c1-12(11-22-14(3)7-13(2)21-22)10-20-19(23)15-8-16(24-4)18(26-6)17(9-15)25-5/h7-9,12H,10-11H2,1-6H3,(H,20,23)/t12-/m0/s1. The maximum Gasteiger partial charge on any atom is 0.251 e. The average molecular weight is 361 g/mol. The summed E-state index contributed by atoms with van der Waals surface area (Å²) in [5.41, 5.74) is 2.57. The Hall–Kier alpha value is -2.70. The number of methoxy groups -OCH3 is 3. The molecule has 7 nitrogen and oxygen atoms in total. The van der Waals surface area contributed by atoms with Crippen LogP contribution in [0.1, 0.15) is 28.7 Å². The van der Waals surface area contributed by atoms with Crippen LogP contribution in [-0.4, -0.2) is 43.6 Å². The maximum absolute atomic E-state index is 12.5. The highest BCUT2D eigenvalue weighted by molar-refractivity contribution is 5.95. The zero-order chi connectivity index (χ0) is 19.3. The fourth-order valence-corrected chi connectivity index (χ4v) is 2.80. The number of rotatable bonds is 8. The molecule has 1 aromatic heterocycles. The Bertz CT molecular complexity index is 745. The third-order valence-electron chi connectivity index (χ3n) is 4.13. The Morgan fingerprint density at radius 1 is 1.12 bits per heavy atom. The lowest BCUT2D eigenvalue weighted by molar-refractivity contribution is 0.0945. The van der Waals surface area contributed by atoms with E-state index in [0.717, 1.165) is 17.9 Å². The van der Waals surface area contributed by atoms with Crippen molar-refractivity contribution in [1.82, 2.24) is 15.1 Å². The van der Waals surface area contributed by atoms with Crippen molar-refractivity contribution in [3.8, 4) is 17.2 Å². The Kier molecular flexibility index (Phi) is 6.49. The quantitative estimate of drug-likeness (QED) is 0.782. The summed E-state index contributed by atoms with van der Waals surface area (Å²) < 4.78 is 17.8. The van der Waals surface area contributed by atoms with Gasteiger partial charge in [-0.05, 0) is 38.0 Å². The van der Waals surface area contributed by atoms with Crippen molar-refractivity contribution >= 4 is 5.91 Å². The topological polar surface area (TPSA) is 74.6 Å². The number of benzene rings is 1. The summed E-state index contributed by atoms with van der Waals surface area (Å²) in [6.45, 7) is 7.36. The maximum atomic E-state index is 12.5. The number of amides is 1. The molecule has 1 aromatic carbocycles. The lowest BCUT2D eigenvalue weighted by Gasteiger charge is -2.16. The van der Waals surface area contributed by atoms with Gasteiger partial charge in [0.05, 0.1) is 27.0 Å². The van der Waals surface area contributed by atoms with Crippen molar-refractivity contribution < 1.29 is 19.0 Å². The minimum atomic E-state index is -0.190. The Morgan fingerprint density at radius 3 is 2.19 bits per heavy atom. The number of nitrogens with one attached hydrogen (secondary N) is 1. The van der Waals surface area contributed by atoms with Crippen LogP contribution in [0.15, 0.2) is 18.2 Å². The molecule has 0 aliphatic carbocycles. The molecule has 0 spiro atoms. The van der Waals surface area contributed by atoms with Gasteiger partial charge in [0.15, 0.2) is 11.5 Å². The molecule has 0 unspecified atom stereocenters. The smallest absolute Gasteiger partial charge is 0.251 e. The van der Waals surface area contributed by atoms with Gasteiger partial charge >= 0.3 is 0 Å². The van der Waals surface area contributed by atoms with E-state index in [1.165, 1.54) is 21.3 Å². The van der Waals surface area contributed by atoms with E-state index in [-0.39, 0.29) is 11.8 Å². The van der Waals surface area contributed by atoms with Gasteiger partial charge in [0, 0.05) is 24.3 Å². The molecule has 7 heteroatoms. The van der Waals surface area contributed by atoms with Gasteiger partial charge < -0.3 is 19.5 Å². The van der Waals surface area contributed by atoms with Gasteiger partial charge in [-0.25, -0.2) is 0 Å². The lowest BCUT2D eigenvalue weighted by Crippen LogP contribution is -2.30. The molecule has 2 rings (SSSR count). The molecule has 1 amide bonds. The molecular formula is C19H27N3O4. The van der Waals surface area contributed by atoms with Crippen molar-refractivity contribution in [2.24, 2.45) is 5.92 Å². The van der Waals surface area contributed by atoms with Crippen molar-refractivity contribution in [3.63, 3.8) is 0 Å². The van der Waals surface area contributed by atoms with Crippen molar-refractivity contribution in [3.05, 3.63) is 35.2 Å². The van der Waals surface area contributed by atoms with E-state index in [9.17, 15) is 4.79 Å². The van der Waals surface area contributed by atoms with E-state index < -0.39 is 0 Å². The van der Waals surface area contributed by atoms with E-state index >= 15 is 0 Å². The second-order valence-electron chi connectivity index (χ2n) is 6.34. The first kappa shape index (κ1) is 19.6. The molecule has 0 saturated heterocycles. The average Bonchev–Trinajstić information content (AvgIpc) is 2.95. The summed E-state index contributed by atoms with van der Waals surface area (Å²) in [5.74, 6) is 1.41. The number of aryl methyl sites for hydroxylation is 2. The van der Waals surface area contributed by atoms with E-state index in [1.807, 2.05) is 24.6 Å². The number of hydrogen-bond acceptors (Lipinski definition) is 5. The van der Waals surface area contributed by atoms with Crippen LogP contribution in [0.25, 0.3) is 0 Å². The van der Waals surface area contributed by atoms with Crippen LogP contribution in [-0.2, 0) is 6.54 Å². The SMILES string of the molecule is COc1cc(C(=O)NC[C@H](C)Cn2nc(C)cc2C)cc(OC)c1OC. The summed E-state index contributed by atoms with van der Waals surface area (Å²) in [5, 5.41) is 7.41. The molecule has 0 aliphatic rings. The van der Waals surface area contributed by atoms with Crippen LogP contribution in [0.5, 0.6) is 17.2 Å². The first-order valence-electron chi connectivity index (χ1n) is 8.48. The zero-order valence-electron chi connectivity index (χ0n) is 16.3. The number of aromatic nitrogens is 2. The van der Waals surface area contributed by atoms with E-state index in [2.05, 4.69) is 17.3 Å². The van der Waals surface area contributed by atoms with Crippen LogP contribution >= 0.6 is 0 Å². The minimum Gasteiger partial charge on any atom is -0.493 e. The molecule has 0 saturated carbocycles. The summed E-state index contributed by atoms with van der Waals surface area (Å²) in [6.07, 6.45) is 0. The van der Waals surface area contributed by atoms with Crippen LogP contribution in [0.4, 0.5) is 0 Å². The molecule has 2 aromatic rings. The number of carbonyl (C=O) groups excluding carboxylic acids is 1. The summed E-state index contributed by atoms with van der Waals surface area (Å²) in [4.78, 5) is 12.5. The normalized spacial score (nSPS) is 11.8. The fraction of sp³-hybridized carbons (Fsp3) is 0.474. The van der Waals surface area contributed by atoms with Gasteiger partial charge in [-0.3, -0.25) is 9.48 Å². The molecule has 1 N–H and O–H groups in total. The molecule has 1 atom stereocenters. The van der Waals surface area contributed by atoms with Crippen molar-refractivity contribution in [1.29, 1.82) is 0 Å². The largest absolute Gasteiger partial charge is 0.493 e. The summed E-state index contributed by atoms with van der Waals surface area (Å²) >= 11 is 0. The molecule has 0 fully saturated rings. The number of carbonyl (C=O) groups is 1. The van der Waals surface area contributed by atoms with Crippen LogP contribution < -0.4 is 19.5 Å². The first-order chi connectivity index (χ1) is 12.4. The molecule has 1 heterocycles. The van der Waals surface area contributed by atoms with Gasteiger partial charge in [-0.1, -0.05) is 6.92 Å². The van der Waals surface area contributed by atoms with E-state index in [1.54, 1.807) is 12.1 Å². The third kappa shape index (κ3) is 4.47. The predicted octanol–water partition coefficient (Wildman–Crippen LogP) is 2.59. The molecule has 0 aliphatic heterocycles. The van der Waals surface area contributed by atoms with Crippen molar-refractivity contribution in [2.45, 2.75) is 27.3 Å². The second kappa shape index (κ2) is 8.60. The third-order valence-corrected chi connectivity index (χ3v) is 4.13. The second-order valence-corrected chi connectivity index (χ2v) is 6.34. The molecule has 0 bridgehead atoms. The predicted molar refractivity (Wildman–Crippen MR) is 99.3 cm³/mol. The molecular weight excluding hydrogens is 334 g/mol. The van der Waals surface area contributed by atoms with E-state index in [4.69, 9.17) is 14.2 Å². The van der Waals surface area contributed by atoms with Gasteiger partial charge in [-0.2, -0.15) is 5.10 Å². The molecule has 0 radical (unpaired) electrons. The molecule has 26 heavy (non-hydrogen) atoms. The van der Waals surface area contributed by atoms with E-state index in [0.29, 0.717) is 29.4 Å². The zero-order valence-corrected chi connectivity index (χ0v) is 16.3. The first-order valence-corrected chi connectivity index (χ1v) is 8.48. The van der Waals surface area contributed by atoms with Crippen molar-refractivity contribution in [2.75, 3.05) is 27.9 Å². The number of ether oxygens (including phenoxy) is 3. The number of hydrogen-bond donors (Lipinski definition) is 1. The molecule has 142 valence electrons. The van der Waals surface area contributed by atoms with Gasteiger partial charge in [0.25, 0.3) is 5.91 Å². The van der Waals surface area contributed by atoms with Crippen LogP contribution in [0, 0.1) is 19.8 Å². The Balaban J connectivity index is 2.04. The van der Waals surface area contributed by atoms with Gasteiger partial charge in [0.2, 0.25) is 5.75 Å². The summed E-state index contributed by atoms with van der Waals surface area (Å²) in [6, 6.07) is 5.33. The Labute approximate surface area is 154 Å². The van der Waals surface area contributed by atoms with Crippen LogP contribution in [0.2, 0.25) is 0 Å². The van der Waals surface area contributed by atoms with Crippen LogP contribution in [0.3, 0.4) is 0 Å². The minimum absolute atomic E-state index is 0.190. The highest BCUT2D eigenvalue weighted by Crippen LogP contribution is 2.38. The summed E-state index contributed by atoms with van der Waals surface area (Å²) in [7, 11) is 4.58. The van der Waals surface area contributed by atoms with Gasteiger partial charge in [-0.15, -0.1) is 0 Å². The fourth-order valence-electron chi connectivity index (χ4n) is 2.80. The lowest BCUT2D eigenvalue weighted by atomic mass is 10.1. The Morgan fingerprint density at radius 2 is 1.73 bits per heavy atom.